The molecule has 2 nitrogen and oxygen atoms in total. The van der Waals surface area contributed by atoms with E-state index in [2.05, 4.69) is 9.47 Å². The second kappa shape index (κ2) is 4.87. The van der Waals surface area contributed by atoms with Gasteiger partial charge in [0.1, 0.15) is 11.6 Å². The van der Waals surface area contributed by atoms with Crippen LogP contribution in [0.4, 0.5) is 17.6 Å². The third-order valence-electron chi connectivity index (χ3n) is 1.58. The van der Waals surface area contributed by atoms with E-state index in [1.165, 1.54) is 13.2 Å². The van der Waals surface area contributed by atoms with Crippen LogP contribution in [0.2, 0.25) is 0 Å². The Balaban J connectivity index is 2.94. The van der Waals surface area contributed by atoms with Gasteiger partial charge in [-0.3, -0.25) is 0 Å². The number of alkyl halides is 3. The van der Waals surface area contributed by atoms with E-state index in [1.54, 1.807) is 0 Å². The van der Waals surface area contributed by atoms with Crippen molar-refractivity contribution in [1.82, 2.24) is 0 Å². The molecule has 0 bridgehead atoms. The summed E-state index contributed by atoms with van der Waals surface area (Å²) in [6, 6.07) is 2.71. The molecule has 6 heteroatoms. The van der Waals surface area contributed by atoms with Crippen LogP contribution in [0.1, 0.15) is 5.56 Å². The summed E-state index contributed by atoms with van der Waals surface area (Å²) in [6.45, 7) is 0. The molecule has 16 heavy (non-hydrogen) atoms. The average molecular weight is 236 g/mol. The van der Waals surface area contributed by atoms with Crippen molar-refractivity contribution in [1.29, 1.82) is 0 Å². The molecule has 0 aliphatic heterocycles. The quantitative estimate of drug-likeness (QED) is 0.592. The Hall–Kier alpha value is -1.72. The Bertz CT molecular complexity index is 385. The Morgan fingerprint density at radius 2 is 1.94 bits per heavy atom. The number of benzene rings is 1. The molecule has 0 aliphatic carbocycles. The van der Waals surface area contributed by atoms with E-state index in [0.29, 0.717) is 0 Å². The standard InChI is InChI=1S/C10H8F4O2/c1-15-5-4-7-6-8(2-3-9(7)11)16-10(12,13)14/h2-6H,1H3. The summed E-state index contributed by atoms with van der Waals surface area (Å²) in [4.78, 5) is 0. The van der Waals surface area contributed by atoms with Crippen molar-refractivity contribution < 1.29 is 27.0 Å². The maximum atomic E-state index is 13.1. The highest BCUT2D eigenvalue weighted by atomic mass is 19.4. The molecule has 0 amide bonds. The predicted octanol–water partition coefficient (Wildman–Crippen LogP) is 3.34. The molecule has 0 N–H and O–H groups in total. The molecular formula is C10H8F4O2. The van der Waals surface area contributed by atoms with Crippen molar-refractivity contribution in [2.45, 2.75) is 6.36 Å². The maximum absolute atomic E-state index is 13.1. The third kappa shape index (κ3) is 3.80. The molecule has 0 aromatic heterocycles. The fourth-order valence-electron chi connectivity index (χ4n) is 0.988. The van der Waals surface area contributed by atoms with E-state index in [0.717, 1.165) is 24.5 Å². The minimum absolute atomic E-state index is 0.0522. The smallest absolute Gasteiger partial charge is 0.504 e. The summed E-state index contributed by atoms with van der Waals surface area (Å²) in [5.74, 6) is -1.15. The van der Waals surface area contributed by atoms with Crippen LogP contribution in [0.5, 0.6) is 5.75 Å². The van der Waals surface area contributed by atoms with E-state index in [4.69, 9.17) is 0 Å². The molecule has 0 heterocycles. The van der Waals surface area contributed by atoms with E-state index in [1.807, 2.05) is 0 Å². The lowest BCUT2D eigenvalue weighted by Gasteiger charge is -2.09. The monoisotopic (exact) mass is 236 g/mol. The maximum Gasteiger partial charge on any atom is 0.573 e. The van der Waals surface area contributed by atoms with Crippen LogP contribution in [0.15, 0.2) is 24.5 Å². The Morgan fingerprint density at radius 3 is 2.50 bits per heavy atom. The molecule has 0 saturated carbocycles. The zero-order valence-corrected chi connectivity index (χ0v) is 8.22. The van der Waals surface area contributed by atoms with Crippen molar-refractivity contribution in [3.63, 3.8) is 0 Å². The predicted molar refractivity (Wildman–Crippen MR) is 49.1 cm³/mol. The first-order valence-corrected chi connectivity index (χ1v) is 4.17. The summed E-state index contributed by atoms with van der Waals surface area (Å²) < 4.78 is 56.9. The number of methoxy groups -OCH3 is 1. The second-order valence-corrected chi connectivity index (χ2v) is 2.77. The summed E-state index contributed by atoms with van der Waals surface area (Å²) in [6.07, 6.45) is -2.45. The third-order valence-corrected chi connectivity index (χ3v) is 1.58. The molecule has 1 aromatic carbocycles. The SMILES string of the molecule is COC=Cc1cc(OC(F)(F)F)ccc1F. The van der Waals surface area contributed by atoms with E-state index < -0.39 is 17.9 Å². The largest absolute Gasteiger partial charge is 0.573 e. The first kappa shape index (κ1) is 12.4. The fourth-order valence-corrected chi connectivity index (χ4v) is 0.988. The molecule has 0 aliphatic rings. The summed E-state index contributed by atoms with van der Waals surface area (Å²) in [5.41, 5.74) is -0.0522. The van der Waals surface area contributed by atoms with Crippen LogP contribution >= 0.6 is 0 Å². The molecule has 0 saturated heterocycles. The Morgan fingerprint density at radius 1 is 1.25 bits per heavy atom. The number of ether oxygens (including phenoxy) is 2. The lowest BCUT2D eigenvalue weighted by Crippen LogP contribution is -2.17. The summed E-state index contributed by atoms with van der Waals surface area (Å²) >= 11 is 0. The van der Waals surface area contributed by atoms with Crippen LogP contribution in [-0.2, 0) is 4.74 Å². The van der Waals surface area contributed by atoms with Crippen molar-refractivity contribution >= 4 is 6.08 Å². The zero-order chi connectivity index (χ0) is 12.2. The fraction of sp³-hybridized carbons (Fsp3) is 0.200. The number of hydrogen-bond acceptors (Lipinski definition) is 2. The molecule has 1 aromatic rings. The van der Waals surface area contributed by atoms with Gasteiger partial charge in [0.15, 0.2) is 0 Å². The molecular weight excluding hydrogens is 228 g/mol. The van der Waals surface area contributed by atoms with Gasteiger partial charge < -0.3 is 9.47 Å². The molecule has 0 radical (unpaired) electrons. The molecule has 0 spiro atoms. The van der Waals surface area contributed by atoms with E-state index >= 15 is 0 Å². The van der Waals surface area contributed by atoms with Gasteiger partial charge in [-0.25, -0.2) is 4.39 Å². The van der Waals surface area contributed by atoms with Gasteiger partial charge in [0.2, 0.25) is 0 Å². The normalized spacial score (nSPS) is 11.8. The van der Waals surface area contributed by atoms with Gasteiger partial charge in [-0.2, -0.15) is 0 Å². The van der Waals surface area contributed by atoms with Crippen molar-refractivity contribution in [2.75, 3.05) is 7.11 Å². The number of rotatable bonds is 3. The second-order valence-electron chi connectivity index (χ2n) is 2.77. The van der Waals surface area contributed by atoms with Gasteiger partial charge in [-0.05, 0) is 24.3 Å². The highest BCUT2D eigenvalue weighted by Crippen LogP contribution is 2.25. The van der Waals surface area contributed by atoms with Gasteiger partial charge in [0, 0.05) is 5.56 Å². The van der Waals surface area contributed by atoms with E-state index in [-0.39, 0.29) is 5.56 Å². The first-order valence-electron chi connectivity index (χ1n) is 4.17. The molecule has 1 rings (SSSR count). The highest BCUT2D eigenvalue weighted by molar-refractivity contribution is 5.51. The highest BCUT2D eigenvalue weighted by Gasteiger charge is 2.31. The van der Waals surface area contributed by atoms with Gasteiger partial charge in [-0.1, -0.05) is 0 Å². The minimum atomic E-state index is -4.79. The lowest BCUT2D eigenvalue weighted by molar-refractivity contribution is -0.274. The number of hydrogen-bond donors (Lipinski definition) is 0. The van der Waals surface area contributed by atoms with Gasteiger partial charge in [-0.15, -0.1) is 13.2 Å². The Kier molecular flexibility index (Phi) is 3.76. The van der Waals surface area contributed by atoms with Gasteiger partial charge in [0.25, 0.3) is 0 Å². The van der Waals surface area contributed by atoms with Gasteiger partial charge >= 0.3 is 6.36 Å². The summed E-state index contributed by atoms with van der Waals surface area (Å²) in [7, 11) is 1.34. The molecule has 88 valence electrons. The van der Waals surface area contributed by atoms with Crippen LogP contribution in [0, 0.1) is 5.82 Å². The lowest BCUT2D eigenvalue weighted by atomic mass is 10.2. The van der Waals surface area contributed by atoms with Crippen LogP contribution < -0.4 is 4.74 Å². The van der Waals surface area contributed by atoms with Crippen LogP contribution in [0.3, 0.4) is 0 Å². The summed E-state index contributed by atoms with van der Waals surface area (Å²) in [5, 5.41) is 0. The molecule has 0 atom stereocenters. The van der Waals surface area contributed by atoms with Crippen LogP contribution in [0.25, 0.3) is 6.08 Å². The van der Waals surface area contributed by atoms with Gasteiger partial charge in [0.05, 0.1) is 13.4 Å². The van der Waals surface area contributed by atoms with E-state index in [9.17, 15) is 17.6 Å². The van der Waals surface area contributed by atoms with Crippen molar-refractivity contribution in [3.8, 4) is 5.75 Å². The topological polar surface area (TPSA) is 18.5 Å². The Labute approximate surface area is 89.1 Å². The van der Waals surface area contributed by atoms with Crippen LogP contribution in [-0.4, -0.2) is 13.5 Å². The minimum Gasteiger partial charge on any atom is -0.504 e. The zero-order valence-electron chi connectivity index (χ0n) is 8.22. The van der Waals surface area contributed by atoms with Crippen molar-refractivity contribution in [3.05, 3.63) is 35.8 Å². The first-order chi connectivity index (χ1) is 7.42. The molecule has 0 unspecified atom stereocenters. The number of halogens is 4. The molecule has 0 fully saturated rings. The van der Waals surface area contributed by atoms with Crippen molar-refractivity contribution in [2.24, 2.45) is 0 Å². The average Bonchev–Trinajstić information content (AvgIpc) is 2.17.